The SMILES string of the molecule is C=C.CCOC(C)OCC.O=C1CC=C(c2ccccn2)CC1. The van der Waals surface area contributed by atoms with Crippen LogP contribution in [0.15, 0.2) is 43.6 Å². The van der Waals surface area contributed by atoms with Crippen LogP contribution in [0.3, 0.4) is 0 Å². The van der Waals surface area contributed by atoms with Gasteiger partial charge in [-0.05, 0) is 44.9 Å². The fourth-order valence-electron chi connectivity index (χ4n) is 2.02. The molecule has 0 unspecified atom stereocenters. The van der Waals surface area contributed by atoms with Crippen LogP contribution in [0.4, 0.5) is 0 Å². The molecule has 1 heterocycles. The molecule has 0 aromatic carbocycles. The summed E-state index contributed by atoms with van der Waals surface area (Å²) in [7, 11) is 0. The number of ketones is 1. The number of hydrogen-bond acceptors (Lipinski definition) is 4. The molecule has 0 N–H and O–H groups in total. The molecular formula is C19H29NO3. The third-order valence-corrected chi connectivity index (χ3v) is 3.05. The van der Waals surface area contributed by atoms with Gasteiger partial charge >= 0.3 is 0 Å². The predicted octanol–water partition coefficient (Wildman–Crippen LogP) is 4.43. The zero-order chi connectivity index (χ0) is 17.5. The zero-order valence-corrected chi connectivity index (χ0v) is 14.6. The van der Waals surface area contributed by atoms with Crippen LogP contribution in [-0.4, -0.2) is 30.3 Å². The molecule has 0 bridgehead atoms. The smallest absolute Gasteiger partial charge is 0.154 e. The summed E-state index contributed by atoms with van der Waals surface area (Å²) in [5.74, 6) is 0.333. The van der Waals surface area contributed by atoms with Crippen LogP contribution in [0.1, 0.15) is 45.7 Å². The van der Waals surface area contributed by atoms with Crippen molar-refractivity contribution in [2.24, 2.45) is 0 Å². The van der Waals surface area contributed by atoms with Gasteiger partial charge in [0.25, 0.3) is 0 Å². The zero-order valence-electron chi connectivity index (χ0n) is 14.6. The summed E-state index contributed by atoms with van der Waals surface area (Å²) < 4.78 is 10.1. The Morgan fingerprint density at radius 2 is 1.83 bits per heavy atom. The largest absolute Gasteiger partial charge is 0.353 e. The van der Waals surface area contributed by atoms with E-state index in [-0.39, 0.29) is 6.29 Å². The van der Waals surface area contributed by atoms with E-state index in [1.807, 2.05) is 45.0 Å². The fourth-order valence-corrected chi connectivity index (χ4v) is 2.02. The summed E-state index contributed by atoms with van der Waals surface area (Å²) in [4.78, 5) is 15.2. The second-order valence-electron chi connectivity index (χ2n) is 4.67. The van der Waals surface area contributed by atoms with Crippen LogP contribution in [0.5, 0.6) is 0 Å². The van der Waals surface area contributed by atoms with Crippen LogP contribution in [-0.2, 0) is 14.3 Å². The van der Waals surface area contributed by atoms with Crippen molar-refractivity contribution in [2.75, 3.05) is 13.2 Å². The maximum absolute atomic E-state index is 11.0. The number of aromatic nitrogens is 1. The van der Waals surface area contributed by atoms with Gasteiger partial charge in [0.05, 0.1) is 5.69 Å². The fraction of sp³-hybridized carbons (Fsp3) is 0.474. The predicted molar refractivity (Wildman–Crippen MR) is 95.0 cm³/mol. The van der Waals surface area contributed by atoms with Crippen molar-refractivity contribution in [2.45, 2.75) is 46.3 Å². The van der Waals surface area contributed by atoms with E-state index in [0.29, 0.717) is 18.6 Å². The molecule has 1 aliphatic carbocycles. The third kappa shape index (κ3) is 9.76. The number of allylic oxidation sites excluding steroid dienone is 2. The molecule has 1 aliphatic rings. The van der Waals surface area contributed by atoms with E-state index in [1.165, 1.54) is 5.57 Å². The van der Waals surface area contributed by atoms with Crippen molar-refractivity contribution in [1.82, 2.24) is 4.98 Å². The first-order valence-electron chi connectivity index (χ1n) is 8.02. The maximum atomic E-state index is 11.0. The summed E-state index contributed by atoms with van der Waals surface area (Å²) in [5, 5.41) is 0. The maximum Gasteiger partial charge on any atom is 0.154 e. The van der Waals surface area contributed by atoms with E-state index in [4.69, 9.17) is 9.47 Å². The van der Waals surface area contributed by atoms with E-state index in [1.54, 1.807) is 6.20 Å². The number of nitrogens with zero attached hydrogens (tertiary/aromatic N) is 1. The number of ether oxygens (including phenoxy) is 2. The number of carbonyl (C=O) groups excluding carboxylic acids is 1. The Labute approximate surface area is 140 Å². The highest BCUT2D eigenvalue weighted by molar-refractivity contribution is 5.86. The Morgan fingerprint density at radius 1 is 1.17 bits per heavy atom. The van der Waals surface area contributed by atoms with Crippen molar-refractivity contribution in [3.63, 3.8) is 0 Å². The average molecular weight is 319 g/mol. The molecule has 0 spiro atoms. The van der Waals surface area contributed by atoms with Crippen LogP contribution < -0.4 is 0 Å². The summed E-state index contributed by atoms with van der Waals surface area (Å²) in [6.07, 6.45) is 5.83. The summed E-state index contributed by atoms with van der Waals surface area (Å²) >= 11 is 0. The van der Waals surface area contributed by atoms with Crippen molar-refractivity contribution in [1.29, 1.82) is 0 Å². The first-order chi connectivity index (χ1) is 11.2. The third-order valence-electron chi connectivity index (χ3n) is 3.05. The van der Waals surface area contributed by atoms with Gasteiger partial charge in [0, 0.05) is 32.3 Å². The van der Waals surface area contributed by atoms with E-state index in [0.717, 1.165) is 25.3 Å². The molecule has 4 heteroatoms. The van der Waals surface area contributed by atoms with Gasteiger partial charge in [-0.2, -0.15) is 0 Å². The number of pyridine rings is 1. The second-order valence-corrected chi connectivity index (χ2v) is 4.67. The van der Waals surface area contributed by atoms with E-state index >= 15 is 0 Å². The quantitative estimate of drug-likeness (QED) is 0.595. The van der Waals surface area contributed by atoms with Gasteiger partial charge in [-0.15, -0.1) is 13.2 Å². The average Bonchev–Trinajstić information content (AvgIpc) is 2.59. The molecule has 2 rings (SSSR count). The van der Waals surface area contributed by atoms with Gasteiger partial charge < -0.3 is 9.47 Å². The summed E-state index contributed by atoms with van der Waals surface area (Å²) in [6, 6.07) is 5.86. The Bertz CT molecular complexity index is 451. The molecule has 0 atom stereocenters. The highest BCUT2D eigenvalue weighted by Gasteiger charge is 2.11. The van der Waals surface area contributed by atoms with E-state index < -0.39 is 0 Å². The van der Waals surface area contributed by atoms with Crippen LogP contribution in [0.25, 0.3) is 5.57 Å². The molecular weight excluding hydrogens is 290 g/mol. The normalized spacial score (nSPS) is 13.4. The van der Waals surface area contributed by atoms with Gasteiger partial charge in [0.2, 0.25) is 0 Å². The standard InChI is InChI=1S/C11H11NO.C6H14O2.C2H4/c13-10-6-4-9(5-7-10)11-3-1-2-8-12-11;1-4-7-6(3)8-5-2;1-2/h1-4,8H,5-7H2;6H,4-5H2,1-3H3;1-2H2. The van der Waals surface area contributed by atoms with Gasteiger partial charge in [0.1, 0.15) is 5.78 Å². The Hall–Kier alpha value is -1.78. The monoisotopic (exact) mass is 319 g/mol. The van der Waals surface area contributed by atoms with Crippen LogP contribution in [0, 0.1) is 0 Å². The molecule has 1 aromatic rings. The molecule has 0 fully saturated rings. The highest BCUT2D eigenvalue weighted by atomic mass is 16.7. The number of hydrogen-bond donors (Lipinski definition) is 0. The lowest BCUT2D eigenvalue weighted by atomic mass is 9.96. The summed E-state index contributed by atoms with van der Waals surface area (Å²) in [5.41, 5.74) is 2.22. The van der Waals surface area contributed by atoms with Crippen molar-refractivity contribution < 1.29 is 14.3 Å². The van der Waals surface area contributed by atoms with Gasteiger partial charge in [-0.1, -0.05) is 12.1 Å². The Morgan fingerprint density at radius 3 is 2.26 bits per heavy atom. The Kier molecular flexibility index (Phi) is 12.8. The molecule has 4 nitrogen and oxygen atoms in total. The number of rotatable bonds is 5. The molecule has 128 valence electrons. The van der Waals surface area contributed by atoms with Gasteiger partial charge in [-0.3, -0.25) is 9.78 Å². The summed E-state index contributed by atoms with van der Waals surface area (Å²) in [6.45, 7) is 13.3. The van der Waals surface area contributed by atoms with Crippen LogP contribution in [0.2, 0.25) is 0 Å². The van der Waals surface area contributed by atoms with Crippen molar-refractivity contribution in [3.8, 4) is 0 Å². The Balaban J connectivity index is 0.000000421. The van der Waals surface area contributed by atoms with Gasteiger partial charge in [-0.25, -0.2) is 0 Å². The first-order valence-corrected chi connectivity index (χ1v) is 8.02. The first kappa shape index (κ1) is 21.2. The van der Waals surface area contributed by atoms with Gasteiger partial charge in [0.15, 0.2) is 6.29 Å². The molecule has 0 saturated heterocycles. The molecule has 0 radical (unpaired) electrons. The van der Waals surface area contributed by atoms with E-state index in [9.17, 15) is 4.79 Å². The molecule has 23 heavy (non-hydrogen) atoms. The van der Waals surface area contributed by atoms with Crippen molar-refractivity contribution >= 4 is 11.4 Å². The molecule has 1 aromatic heterocycles. The minimum Gasteiger partial charge on any atom is -0.353 e. The van der Waals surface area contributed by atoms with Crippen LogP contribution >= 0.6 is 0 Å². The second kappa shape index (κ2) is 13.9. The topological polar surface area (TPSA) is 48.4 Å². The number of carbonyl (C=O) groups is 1. The molecule has 0 saturated carbocycles. The lowest BCUT2D eigenvalue weighted by molar-refractivity contribution is -0.123. The lowest BCUT2D eigenvalue weighted by Gasteiger charge is -2.10. The minimum atomic E-state index is -0.0370. The molecule has 0 aliphatic heterocycles. The molecule has 0 amide bonds. The number of Topliss-reactive ketones (excluding diaryl/α,β-unsaturated/α-hetero) is 1. The van der Waals surface area contributed by atoms with E-state index in [2.05, 4.69) is 18.1 Å². The van der Waals surface area contributed by atoms with Crippen molar-refractivity contribution in [3.05, 3.63) is 49.3 Å². The minimum absolute atomic E-state index is 0.0370. The highest BCUT2D eigenvalue weighted by Crippen LogP contribution is 2.22. The lowest BCUT2D eigenvalue weighted by Crippen LogP contribution is -2.11.